The molecule has 2 unspecified atom stereocenters. The standard InChI is InChI=1S/C70H136O17P2/c1-5-9-13-17-21-25-29-30-31-32-33-34-35-36-37-41-45-49-53-57-70(75)87-66(61-81-68(73)55-51-47-43-39-27-23-19-15-11-7-3)63-85-89(78,79)83-59-64(71)58-82-88(76,77)84-62-65(86-69(74)56-52-48-44-40-28-24-20-16-12-8-4)60-80-67(72)54-50-46-42-38-26-22-18-14-10-6-2/h64-66,71H,5-63H2,1-4H3,(H,76,77)(H,78,79)/t64-,65+,66+/m0/s1. The van der Waals surface area contributed by atoms with E-state index in [4.69, 9.17) is 37.0 Å². The summed E-state index contributed by atoms with van der Waals surface area (Å²) in [5, 5.41) is 10.6. The van der Waals surface area contributed by atoms with Gasteiger partial charge >= 0.3 is 39.5 Å². The second-order valence-corrected chi connectivity index (χ2v) is 28.2. The van der Waals surface area contributed by atoms with E-state index in [0.717, 1.165) is 89.9 Å². The van der Waals surface area contributed by atoms with Gasteiger partial charge in [-0.05, 0) is 25.7 Å². The van der Waals surface area contributed by atoms with Crippen LogP contribution in [0, 0.1) is 0 Å². The number of phosphoric ester groups is 2. The summed E-state index contributed by atoms with van der Waals surface area (Å²) in [5.74, 6) is -2.12. The Morgan fingerprint density at radius 2 is 0.449 bits per heavy atom. The summed E-state index contributed by atoms with van der Waals surface area (Å²) < 4.78 is 68.2. The van der Waals surface area contributed by atoms with Gasteiger partial charge in [-0.1, -0.05) is 317 Å². The number of hydrogen-bond acceptors (Lipinski definition) is 15. The summed E-state index contributed by atoms with van der Waals surface area (Å²) in [5.41, 5.74) is 0. The van der Waals surface area contributed by atoms with E-state index in [-0.39, 0.29) is 25.7 Å². The molecule has 19 heteroatoms. The van der Waals surface area contributed by atoms with Crippen molar-refractivity contribution >= 4 is 39.5 Å². The van der Waals surface area contributed by atoms with Gasteiger partial charge in [0.1, 0.15) is 19.3 Å². The summed E-state index contributed by atoms with van der Waals surface area (Å²) in [4.78, 5) is 72.4. The third-order valence-corrected chi connectivity index (χ3v) is 18.3. The molecule has 0 bridgehead atoms. The van der Waals surface area contributed by atoms with E-state index in [1.54, 1.807) is 0 Å². The Kier molecular flexibility index (Phi) is 63.3. The highest BCUT2D eigenvalue weighted by Crippen LogP contribution is 2.45. The molecule has 0 amide bonds. The van der Waals surface area contributed by atoms with Crippen LogP contribution in [-0.4, -0.2) is 96.7 Å². The van der Waals surface area contributed by atoms with Gasteiger partial charge in [-0.25, -0.2) is 9.13 Å². The van der Waals surface area contributed by atoms with E-state index in [2.05, 4.69) is 27.7 Å². The largest absolute Gasteiger partial charge is 0.472 e. The van der Waals surface area contributed by atoms with Gasteiger partial charge in [-0.3, -0.25) is 37.3 Å². The first kappa shape index (κ1) is 87.1. The average molecular weight is 1310 g/mol. The van der Waals surface area contributed by atoms with Crippen LogP contribution >= 0.6 is 15.6 Å². The predicted molar refractivity (Wildman–Crippen MR) is 359 cm³/mol. The number of phosphoric acid groups is 2. The number of carbonyl (C=O) groups excluding carboxylic acids is 4. The monoisotopic (exact) mass is 1310 g/mol. The van der Waals surface area contributed by atoms with Crippen molar-refractivity contribution in [2.45, 2.75) is 386 Å². The molecule has 5 atom stereocenters. The van der Waals surface area contributed by atoms with Gasteiger partial charge in [0, 0.05) is 25.7 Å². The van der Waals surface area contributed by atoms with E-state index in [9.17, 15) is 43.2 Å². The first-order valence-electron chi connectivity index (χ1n) is 36.8. The highest BCUT2D eigenvalue weighted by molar-refractivity contribution is 7.47. The van der Waals surface area contributed by atoms with Crippen LogP contribution in [0.4, 0.5) is 0 Å². The minimum Gasteiger partial charge on any atom is -0.462 e. The van der Waals surface area contributed by atoms with E-state index in [1.165, 1.54) is 199 Å². The van der Waals surface area contributed by atoms with E-state index >= 15 is 0 Å². The first-order chi connectivity index (χ1) is 43.2. The molecule has 0 aliphatic rings. The lowest BCUT2D eigenvalue weighted by Gasteiger charge is -2.21. The van der Waals surface area contributed by atoms with Crippen LogP contribution in [0.1, 0.15) is 368 Å². The SMILES string of the molecule is CCCCCCCCCCCCCCCCCCCCCC(=O)O[C@H](COC(=O)CCCCCCCCCCCC)COP(=O)(O)OC[C@@H](O)COP(=O)(O)OC[C@@H](COC(=O)CCCCCCCCCCCC)OC(=O)CCCCCCCCCCCC. The minimum absolute atomic E-state index is 0.107. The third-order valence-electron chi connectivity index (χ3n) is 16.4. The Balaban J connectivity index is 5.17. The molecular formula is C70H136O17P2. The third kappa shape index (κ3) is 64.6. The Hall–Kier alpha value is -1.94. The molecule has 0 radical (unpaired) electrons. The van der Waals surface area contributed by atoms with Gasteiger partial charge in [-0.2, -0.15) is 0 Å². The second kappa shape index (κ2) is 64.8. The molecule has 0 aliphatic heterocycles. The van der Waals surface area contributed by atoms with Gasteiger partial charge in [0.25, 0.3) is 0 Å². The Morgan fingerprint density at radius 1 is 0.270 bits per heavy atom. The van der Waals surface area contributed by atoms with Gasteiger partial charge in [0.2, 0.25) is 0 Å². The van der Waals surface area contributed by atoms with Crippen molar-refractivity contribution < 1.29 is 80.2 Å². The van der Waals surface area contributed by atoms with Gasteiger partial charge in [0.15, 0.2) is 12.2 Å². The van der Waals surface area contributed by atoms with E-state index in [0.29, 0.717) is 25.7 Å². The number of ether oxygens (including phenoxy) is 4. The summed E-state index contributed by atoms with van der Waals surface area (Å²) in [6, 6.07) is 0. The quantitative estimate of drug-likeness (QED) is 0.0222. The molecule has 0 aromatic rings. The van der Waals surface area contributed by atoms with Crippen LogP contribution in [-0.2, 0) is 65.4 Å². The maximum absolute atomic E-state index is 13.0. The normalized spacial score (nSPS) is 14.0. The molecule has 0 heterocycles. The first-order valence-corrected chi connectivity index (χ1v) is 39.8. The Labute approximate surface area is 543 Å². The van der Waals surface area contributed by atoms with Crippen LogP contribution in [0.2, 0.25) is 0 Å². The van der Waals surface area contributed by atoms with Gasteiger partial charge in [-0.15, -0.1) is 0 Å². The number of rotatable bonds is 71. The highest BCUT2D eigenvalue weighted by atomic mass is 31.2. The summed E-state index contributed by atoms with van der Waals surface area (Å²) in [7, 11) is -9.89. The number of aliphatic hydroxyl groups is 1. The molecule has 0 saturated carbocycles. The second-order valence-electron chi connectivity index (χ2n) is 25.3. The average Bonchev–Trinajstić information content (AvgIpc) is 3.65. The lowest BCUT2D eigenvalue weighted by molar-refractivity contribution is -0.161. The minimum atomic E-state index is -4.95. The Morgan fingerprint density at radius 3 is 0.663 bits per heavy atom. The molecule has 17 nitrogen and oxygen atoms in total. The summed E-state index contributed by atoms with van der Waals surface area (Å²) in [6.07, 6.45) is 52.7. The maximum atomic E-state index is 13.0. The molecule has 0 aromatic carbocycles. The zero-order valence-electron chi connectivity index (χ0n) is 57.4. The smallest absolute Gasteiger partial charge is 0.462 e. The van der Waals surface area contributed by atoms with Crippen LogP contribution in [0.3, 0.4) is 0 Å². The molecule has 0 fully saturated rings. The van der Waals surface area contributed by atoms with Crippen molar-refractivity contribution in [2.75, 3.05) is 39.6 Å². The molecule has 0 rings (SSSR count). The number of aliphatic hydroxyl groups excluding tert-OH is 1. The van der Waals surface area contributed by atoms with Gasteiger partial charge in [0.05, 0.1) is 26.4 Å². The van der Waals surface area contributed by atoms with Crippen molar-refractivity contribution in [1.82, 2.24) is 0 Å². The lowest BCUT2D eigenvalue weighted by atomic mass is 10.0. The predicted octanol–water partition coefficient (Wildman–Crippen LogP) is 20.3. The Bertz CT molecular complexity index is 1710. The zero-order valence-corrected chi connectivity index (χ0v) is 59.2. The van der Waals surface area contributed by atoms with Crippen LogP contribution in [0.25, 0.3) is 0 Å². The maximum Gasteiger partial charge on any atom is 0.472 e. The molecule has 0 spiro atoms. The lowest BCUT2D eigenvalue weighted by Crippen LogP contribution is -2.30. The fraction of sp³-hybridized carbons (Fsp3) is 0.943. The zero-order chi connectivity index (χ0) is 65.4. The number of esters is 4. The molecule has 3 N–H and O–H groups in total. The van der Waals surface area contributed by atoms with Crippen molar-refractivity contribution in [3.63, 3.8) is 0 Å². The number of carbonyl (C=O) groups is 4. The van der Waals surface area contributed by atoms with Crippen LogP contribution < -0.4 is 0 Å². The fourth-order valence-electron chi connectivity index (χ4n) is 10.7. The molecule has 528 valence electrons. The fourth-order valence-corrected chi connectivity index (χ4v) is 12.3. The van der Waals surface area contributed by atoms with E-state index < -0.39 is 97.5 Å². The topological polar surface area (TPSA) is 237 Å². The number of unbranched alkanes of at least 4 members (excludes halogenated alkanes) is 45. The molecule has 0 aliphatic carbocycles. The van der Waals surface area contributed by atoms with Crippen molar-refractivity contribution in [2.24, 2.45) is 0 Å². The summed E-state index contributed by atoms with van der Waals surface area (Å²) >= 11 is 0. The highest BCUT2D eigenvalue weighted by Gasteiger charge is 2.30. The summed E-state index contributed by atoms with van der Waals surface area (Å²) in [6.45, 7) is 4.92. The molecular weight excluding hydrogens is 1170 g/mol. The molecule has 89 heavy (non-hydrogen) atoms. The molecule has 0 aromatic heterocycles. The van der Waals surface area contributed by atoms with Gasteiger partial charge < -0.3 is 33.8 Å². The van der Waals surface area contributed by atoms with Crippen LogP contribution in [0.5, 0.6) is 0 Å². The van der Waals surface area contributed by atoms with Crippen molar-refractivity contribution in [3.8, 4) is 0 Å². The number of hydrogen-bond donors (Lipinski definition) is 3. The van der Waals surface area contributed by atoms with Crippen LogP contribution in [0.15, 0.2) is 0 Å². The molecule has 0 saturated heterocycles. The van der Waals surface area contributed by atoms with Crippen molar-refractivity contribution in [3.05, 3.63) is 0 Å². The van der Waals surface area contributed by atoms with E-state index in [1.807, 2.05) is 0 Å². The van der Waals surface area contributed by atoms with Crippen molar-refractivity contribution in [1.29, 1.82) is 0 Å².